The lowest BCUT2D eigenvalue weighted by Gasteiger charge is -2.10. The van der Waals surface area contributed by atoms with Gasteiger partial charge in [0.1, 0.15) is 0 Å². The minimum Gasteiger partial charge on any atom is -0.214 e. The second-order valence-corrected chi connectivity index (χ2v) is 7.77. The van der Waals surface area contributed by atoms with Crippen molar-refractivity contribution in [2.45, 2.75) is 34.5 Å². The van der Waals surface area contributed by atoms with E-state index < -0.39 is 20.2 Å². The molecule has 2 nitrogen and oxygen atoms in total. The summed E-state index contributed by atoms with van der Waals surface area (Å²) in [5, 5.41) is 0. The van der Waals surface area contributed by atoms with Gasteiger partial charge in [-0.25, -0.2) is 8.42 Å². The average molecular weight is 357 g/mol. The maximum absolute atomic E-state index is 12.3. The molecule has 2 rings (SSSR count). The maximum atomic E-state index is 12.3. The fourth-order valence-electron chi connectivity index (χ4n) is 1.79. The molecule has 0 saturated heterocycles. The molecule has 0 aliphatic heterocycles. The number of sulfone groups is 1. The van der Waals surface area contributed by atoms with Crippen molar-refractivity contribution in [2.24, 2.45) is 5.92 Å². The summed E-state index contributed by atoms with van der Waals surface area (Å²) in [7, 11) is -5.24. The number of hydrogen-bond acceptors (Lipinski definition) is 2. The molecule has 0 bridgehead atoms. The van der Waals surface area contributed by atoms with E-state index in [1.807, 2.05) is 0 Å². The summed E-state index contributed by atoms with van der Waals surface area (Å²) in [6.45, 7) is 0. The second kappa shape index (κ2) is 5.09. The first-order chi connectivity index (χ1) is 8.72. The van der Waals surface area contributed by atoms with Crippen LogP contribution in [0.4, 0.5) is 13.2 Å². The van der Waals surface area contributed by atoms with Crippen molar-refractivity contribution in [1.29, 1.82) is 0 Å². The molecule has 1 aromatic carbocycles. The molecule has 1 fully saturated rings. The van der Waals surface area contributed by atoms with E-state index >= 15 is 0 Å². The van der Waals surface area contributed by atoms with E-state index in [9.17, 15) is 21.6 Å². The van der Waals surface area contributed by atoms with Crippen molar-refractivity contribution in [2.75, 3.05) is 0 Å². The number of alkyl halides is 4. The van der Waals surface area contributed by atoms with Gasteiger partial charge in [-0.15, -0.1) is 0 Å². The zero-order valence-corrected chi connectivity index (χ0v) is 12.2. The quantitative estimate of drug-likeness (QED) is 0.771. The molecular formula is C12H12BrF3O2S. The van der Waals surface area contributed by atoms with Crippen LogP contribution in [0.15, 0.2) is 29.2 Å². The fraction of sp³-hybridized carbons (Fsp3) is 0.500. The van der Waals surface area contributed by atoms with Crippen LogP contribution in [0.1, 0.15) is 18.4 Å². The molecule has 0 amide bonds. The van der Waals surface area contributed by atoms with Gasteiger partial charge in [0.2, 0.25) is 0 Å². The van der Waals surface area contributed by atoms with E-state index in [4.69, 9.17) is 0 Å². The van der Waals surface area contributed by atoms with Gasteiger partial charge in [0, 0.05) is 4.83 Å². The van der Waals surface area contributed by atoms with Crippen LogP contribution < -0.4 is 0 Å². The highest BCUT2D eigenvalue weighted by Gasteiger charge is 2.46. The van der Waals surface area contributed by atoms with E-state index in [2.05, 4.69) is 15.9 Å². The third kappa shape index (κ3) is 3.31. The van der Waals surface area contributed by atoms with E-state index in [0.717, 1.165) is 30.5 Å². The first-order valence-electron chi connectivity index (χ1n) is 5.76. The Morgan fingerprint density at radius 1 is 1.21 bits per heavy atom. The van der Waals surface area contributed by atoms with Gasteiger partial charge in [-0.1, -0.05) is 28.1 Å². The van der Waals surface area contributed by atoms with E-state index in [-0.39, 0.29) is 0 Å². The molecular weight excluding hydrogens is 345 g/mol. The molecule has 19 heavy (non-hydrogen) atoms. The number of halogens is 4. The number of rotatable bonds is 4. The van der Waals surface area contributed by atoms with Crippen LogP contribution in [0.3, 0.4) is 0 Å². The van der Waals surface area contributed by atoms with E-state index in [1.54, 1.807) is 0 Å². The number of benzene rings is 1. The van der Waals surface area contributed by atoms with Crippen LogP contribution in [0.25, 0.3) is 0 Å². The van der Waals surface area contributed by atoms with Gasteiger partial charge in [0.15, 0.2) is 0 Å². The van der Waals surface area contributed by atoms with Crippen LogP contribution >= 0.6 is 15.9 Å². The first-order valence-corrected chi connectivity index (χ1v) is 8.16. The van der Waals surface area contributed by atoms with Gasteiger partial charge in [0.25, 0.3) is 9.84 Å². The summed E-state index contributed by atoms with van der Waals surface area (Å²) in [6, 6.07) is 4.92. The summed E-state index contributed by atoms with van der Waals surface area (Å²) in [5.41, 5.74) is -4.42. The van der Waals surface area contributed by atoms with Crippen LogP contribution in [0, 0.1) is 5.92 Å². The lowest BCUT2D eigenvalue weighted by molar-refractivity contribution is -0.0436. The largest absolute Gasteiger partial charge is 0.501 e. The molecule has 0 aromatic heterocycles. The normalized spacial score (nSPS) is 18.3. The predicted molar refractivity (Wildman–Crippen MR) is 68.8 cm³/mol. The van der Waals surface area contributed by atoms with Crippen LogP contribution in [-0.4, -0.2) is 18.8 Å². The van der Waals surface area contributed by atoms with Crippen molar-refractivity contribution in [3.05, 3.63) is 29.8 Å². The molecule has 0 radical (unpaired) electrons. The Balaban J connectivity index is 2.14. The Bertz CT molecular complexity index is 547. The van der Waals surface area contributed by atoms with E-state index in [0.29, 0.717) is 17.2 Å². The van der Waals surface area contributed by atoms with Gasteiger partial charge in [-0.3, -0.25) is 0 Å². The highest BCUT2D eigenvalue weighted by atomic mass is 79.9. The highest BCUT2D eigenvalue weighted by Crippen LogP contribution is 2.38. The predicted octanol–water partition coefficient (Wildman–Crippen LogP) is 3.70. The Morgan fingerprint density at radius 3 is 2.16 bits per heavy atom. The lowest BCUT2D eigenvalue weighted by atomic mass is 10.1. The van der Waals surface area contributed by atoms with Gasteiger partial charge in [-0.05, 0) is 42.9 Å². The minimum absolute atomic E-state index is 0.303. The average Bonchev–Trinajstić information content (AvgIpc) is 3.11. The summed E-state index contributed by atoms with van der Waals surface area (Å²) < 4.78 is 59.4. The van der Waals surface area contributed by atoms with Gasteiger partial charge in [0.05, 0.1) is 4.90 Å². The first kappa shape index (κ1) is 14.8. The van der Waals surface area contributed by atoms with Crippen molar-refractivity contribution in [3.63, 3.8) is 0 Å². The molecule has 1 saturated carbocycles. The minimum atomic E-state index is -5.25. The second-order valence-electron chi connectivity index (χ2n) is 4.65. The van der Waals surface area contributed by atoms with Crippen molar-refractivity contribution in [1.82, 2.24) is 0 Å². The smallest absolute Gasteiger partial charge is 0.214 e. The molecule has 106 valence electrons. The van der Waals surface area contributed by atoms with Crippen molar-refractivity contribution < 1.29 is 21.6 Å². The van der Waals surface area contributed by atoms with E-state index in [1.165, 1.54) is 12.1 Å². The zero-order valence-electron chi connectivity index (χ0n) is 9.82. The molecule has 0 N–H and O–H groups in total. The monoisotopic (exact) mass is 356 g/mol. The highest BCUT2D eigenvalue weighted by molar-refractivity contribution is 9.09. The standard InChI is InChI=1S/C12H12BrF3O2S/c13-11(9-3-4-9)7-8-1-5-10(6-2-8)19(17,18)12(14,15)16/h1-2,5-6,9,11H,3-4,7H2. The molecule has 0 spiro atoms. The van der Waals surface area contributed by atoms with Gasteiger partial charge in [-0.2, -0.15) is 13.2 Å². The van der Waals surface area contributed by atoms with Crippen molar-refractivity contribution in [3.8, 4) is 0 Å². The maximum Gasteiger partial charge on any atom is 0.501 e. The van der Waals surface area contributed by atoms with Gasteiger partial charge >= 0.3 is 5.51 Å². The summed E-state index contributed by atoms with van der Waals surface area (Å²) in [6.07, 6.45) is 3.02. The molecule has 1 aliphatic carbocycles. The number of hydrogen-bond donors (Lipinski definition) is 0. The van der Waals surface area contributed by atoms with Crippen LogP contribution in [0.5, 0.6) is 0 Å². The molecule has 1 aliphatic rings. The molecule has 0 heterocycles. The van der Waals surface area contributed by atoms with Crippen LogP contribution in [0.2, 0.25) is 0 Å². The Kier molecular flexibility index (Phi) is 3.97. The molecule has 1 atom stereocenters. The SMILES string of the molecule is O=S(=O)(c1ccc(CC(Br)C2CC2)cc1)C(F)(F)F. The molecule has 1 aromatic rings. The third-order valence-electron chi connectivity index (χ3n) is 3.10. The fourth-order valence-corrected chi connectivity index (χ4v) is 3.45. The lowest BCUT2D eigenvalue weighted by Crippen LogP contribution is -2.23. The topological polar surface area (TPSA) is 34.1 Å². The summed E-state index contributed by atoms with van der Waals surface area (Å²) >= 11 is 3.53. The Labute approximate surface area is 118 Å². The molecule has 1 unspecified atom stereocenters. The van der Waals surface area contributed by atoms with Crippen molar-refractivity contribution >= 4 is 25.8 Å². The zero-order chi connectivity index (χ0) is 14.3. The Hall–Kier alpha value is -0.560. The van der Waals surface area contributed by atoms with Crippen LogP contribution in [-0.2, 0) is 16.3 Å². The molecule has 7 heteroatoms. The third-order valence-corrected chi connectivity index (χ3v) is 5.68. The van der Waals surface area contributed by atoms with Gasteiger partial charge < -0.3 is 0 Å². The summed E-state index contributed by atoms with van der Waals surface area (Å²) in [4.78, 5) is -0.404. The Morgan fingerprint density at radius 2 is 1.74 bits per heavy atom. The summed E-state index contributed by atoms with van der Waals surface area (Å²) in [5.74, 6) is 0.624.